The van der Waals surface area contributed by atoms with E-state index in [1.54, 1.807) is 9.13 Å². The summed E-state index contributed by atoms with van der Waals surface area (Å²) >= 11 is 0. The van der Waals surface area contributed by atoms with Crippen LogP contribution in [-0.4, -0.2) is 33.7 Å². The Morgan fingerprint density at radius 2 is 2.00 bits per heavy atom. The Hall–Kier alpha value is -2.08. The van der Waals surface area contributed by atoms with Crippen LogP contribution in [0.1, 0.15) is 26.7 Å². The molecule has 2 aromatic rings. The first-order valence-electron chi connectivity index (χ1n) is 8.31. The fraction of sp³-hybridized carbons (Fsp3) is 0.529. The van der Waals surface area contributed by atoms with E-state index in [2.05, 4.69) is 17.6 Å². The third-order valence-electron chi connectivity index (χ3n) is 4.53. The minimum Gasteiger partial charge on any atom is -0.352 e. The van der Waals surface area contributed by atoms with Crippen molar-refractivity contribution in [3.05, 3.63) is 34.7 Å². The summed E-state index contributed by atoms with van der Waals surface area (Å²) in [5.41, 5.74) is 1.57. The number of rotatable bonds is 4. The van der Waals surface area contributed by atoms with Gasteiger partial charge in [0.25, 0.3) is 0 Å². The predicted molar refractivity (Wildman–Crippen MR) is 90.5 cm³/mol. The van der Waals surface area contributed by atoms with Crippen molar-refractivity contribution in [2.45, 2.75) is 51.9 Å². The summed E-state index contributed by atoms with van der Waals surface area (Å²) in [6.07, 6.45) is 1.86. The maximum absolute atomic E-state index is 12.5. The van der Waals surface area contributed by atoms with E-state index < -0.39 is 0 Å². The van der Waals surface area contributed by atoms with E-state index in [-0.39, 0.29) is 24.2 Å². The molecule has 2 unspecified atom stereocenters. The van der Waals surface area contributed by atoms with E-state index in [0.29, 0.717) is 12.6 Å². The molecule has 1 amide bonds. The molecule has 2 N–H and O–H groups in total. The van der Waals surface area contributed by atoms with Crippen molar-refractivity contribution in [1.82, 2.24) is 19.8 Å². The number of imidazole rings is 1. The highest BCUT2D eigenvalue weighted by atomic mass is 16.2. The van der Waals surface area contributed by atoms with Gasteiger partial charge >= 0.3 is 5.69 Å². The SMILES string of the molecule is CCn1c(=O)n(CC(=O)NC2CCNC(C)C2)c2ccccc21. The largest absolute Gasteiger partial charge is 0.352 e. The van der Waals surface area contributed by atoms with Crippen LogP contribution in [0, 0.1) is 0 Å². The molecule has 0 radical (unpaired) electrons. The molecule has 0 bridgehead atoms. The lowest BCUT2D eigenvalue weighted by Gasteiger charge is -2.28. The Balaban J connectivity index is 1.80. The van der Waals surface area contributed by atoms with Crippen LogP contribution in [0.25, 0.3) is 11.0 Å². The third-order valence-corrected chi connectivity index (χ3v) is 4.53. The maximum atomic E-state index is 12.5. The number of amides is 1. The number of benzene rings is 1. The van der Waals surface area contributed by atoms with Gasteiger partial charge in [-0.05, 0) is 45.4 Å². The summed E-state index contributed by atoms with van der Waals surface area (Å²) in [6.45, 7) is 5.65. The lowest BCUT2D eigenvalue weighted by Crippen LogP contribution is -2.47. The molecule has 6 heteroatoms. The average Bonchev–Trinajstić information content (AvgIpc) is 2.79. The molecule has 1 aliphatic rings. The number of hydrogen-bond acceptors (Lipinski definition) is 3. The summed E-state index contributed by atoms with van der Waals surface area (Å²) in [5.74, 6) is -0.0924. The van der Waals surface area contributed by atoms with Gasteiger partial charge in [0, 0.05) is 18.6 Å². The molecule has 23 heavy (non-hydrogen) atoms. The van der Waals surface area contributed by atoms with Crippen molar-refractivity contribution in [3.63, 3.8) is 0 Å². The van der Waals surface area contributed by atoms with E-state index >= 15 is 0 Å². The number of piperidine rings is 1. The normalized spacial score (nSPS) is 21.5. The van der Waals surface area contributed by atoms with E-state index in [0.717, 1.165) is 30.4 Å². The molecule has 2 atom stereocenters. The van der Waals surface area contributed by atoms with Crippen LogP contribution in [0.4, 0.5) is 0 Å². The minimum absolute atomic E-state index is 0.0741. The topological polar surface area (TPSA) is 68.1 Å². The molecule has 0 spiro atoms. The average molecular weight is 316 g/mol. The predicted octanol–water partition coefficient (Wildman–Crippen LogP) is 1.08. The fourth-order valence-electron chi connectivity index (χ4n) is 3.41. The van der Waals surface area contributed by atoms with Crippen molar-refractivity contribution >= 4 is 16.9 Å². The number of carbonyl (C=O) groups is 1. The molecule has 1 aromatic carbocycles. The molecule has 6 nitrogen and oxygen atoms in total. The lowest BCUT2D eigenvalue weighted by molar-refractivity contribution is -0.122. The highest BCUT2D eigenvalue weighted by Crippen LogP contribution is 2.13. The molecule has 1 fully saturated rings. The molecule has 0 aliphatic carbocycles. The van der Waals surface area contributed by atoms with E-state index in [4.69, 9.17) is 0 Å². The van der Waals surface area contributed by atoms with Gasteiger partial charge in [0.1, 0.15) is 6.54 Å². The highest BCUT2D eigenvalue weighted by Gasteiger charge is 2.21. The minimum atomic E-state index is -0.123. The summed E-state index contributed by atoms with van der Waals surface area (Å²) < 4.78 is 3.27. The van der Waals surface area contributed by atoms with E-state index in [1.165, 1.54) is 0 Å². The first-order chi connectivity index (χ1) is 11.1. The van der Waals surface area contributed by atoms with Crippen molar-refractivity contribution in [1.29, 1.82) is 0 Å². The van der Waals surface area contributed by atoms with Crippen LogP contribution in [0.5, 0.6) is 0 Å². The molecule has 3 rings (SSSR count). The number of hydrogen-bond donors (Lipinski definition) is 2. The zero-order chi connectivity index (χ0) is 16.4. The van der Waals surface area contributed by atoms with Crippen LogP contribution in [0.15, 0.2) is 29.1 Å². The molecule has 1 saturated heterocycles. The van der Waals surface area contributed by atoms with Crippen LogP contribution in [0.3, 0.4) is 0 Å². The zero-order valence-corrected chi connectivity index (χ0v) is 13.7. The Bertz CT molecular complexity index is 762. The molecular weight excluding hydrogens is 292 g/mol. The van der Waals surface area contributed by atoms with Gasteiger partial charge in [-0.3, -0.25) is 13.9 Å². The van der Waals surface area contributed by atoms with Crippen molar-refractivity contribution in [3.8, 4) is 0 Å². The Kier molecular flexibility index (Phi) is 4.52. The van der Waals surface area contributed by atoms with Gasteiger partial charge in [-0.25, -0.2) is 4.79 Å². The van der Waals surface area contributed by atoms with Crippen LogP contribution >= 0.6 is 0 Å². The molecule has 0 saturated carbocycles. The van der Waals surface area contributed by atoms with Crippen LogP contribution < -0.4 is 16.3 Å². The van der Waals surface area contributed by atoms with E-state index in [1.807, 2.05) is 31.2 Å². The Morgan fingerprint density at radius 3 is 2.65 bits per heavy atom. The van der Waals surface area contributed by atoms with Crippen molar-refractivity contribution < 1.29 is 4.79 Å². The monoisotopic (exact) mass is 316 g/mol. The van der Waals surface area contributed by atoms with Crippen molar-refractivity contribution in [2.24, 2.45) is 0 Å². The standard InChI is InChI=1S/C17H24N4O2/c1-3-20-14-6-4-5-7-15(14)21(17(20)23)11-16(22)19-13-8-9-18-12(2)10-13/h4-7,12-13,18H,3,8-11H2,1-2H3,(H,19,22). The van der Waals surface area contributed by atoms with Gasteiger partial charge in [-0.15, -0.1) is 0 Å². The van der Waals surface area contributed by atoms with Crippen LogP contribution in [0.2, 0.25) is 0 Å². The molecular formula is C17H24N4O2. The van der Waals surface area contributed by atoms with Gasteiger partial charge < -0.3 is 10.6 Å². The number of aryl methyl sites for hydroxylation is 1. The smallest absolute Gasteiger partial charge is 0.329 e. The molecule has 124 valence electrons. The quantitative estimate of drug-likeness (QED) is 0.887. The Morgan fingerprint density at radius 1 is 1.30 bits per heavy atom. The summed E-state index contributed by atoms with van der Waals surface area (Å²) in [4.78, 5) is 24.9. The first-order valence-corrected chi connectivity index (χ1v) is 8.31. The number of para-hydroxylation sites is 2. The van der Waals surface area contributed by atoms with Gasteiger partial charge in [-0.2, -0.15) is 0 Å². The van der Waals surface area contributed by atoms with Crippen LogP contribution in [-0.2, 0) is 17.9 Å². The number of carbonyl (C=O) groups excluding carboxylic acids is 1. The third kappa shape index (κ3) is 3.17. The first kappa shape index (κ1) is 15.8. The second kappa shape index (κ2) is 6.58. The highest BCUT2D eigenvalue weighted by molar-refractivity contribution is 5.81. The molecule has 1 aromatic heterocycles. The van der Waals surface area contributed by atoms with Gasteiger partial charge in [0.05, 0.1) is 11.0 Å². The van der Waals surface area contributed by atoms with E-state index in [9.17, 15) is 9.59 Å². The molecule has 1 aliphatic heterocycles. The Labute approximate surface area is 135 Å². The number of fused-ring (bicyclic) bond motifs is 1. The van der Waals surface area contributed by atoms with Gasteiger partial charge in [0.15, 0.2) is 0 Å². The second-order valence-corrected chi connectivity index (χ2v) is 6.25. The lowest BCUT2D eigenvalue weighted by atomic mass is 10.0. The fourth-order valence-corrected chi connectivity index (χ4v) is 3.41. The number of nitrogens with one attached hydrogen (secondary N) is 2. The van der Waals surface area contributed by atoms with Gasteiger partial charge in [0.2, 0.25) is 5.91 Å². The maximum Gasteiger partial charge on any atom is 0.329 e. The second-order valence-electron chi connectivity index (χ2n) is 6.25. The number of aromatic nitrogens is 2. The molecule has 2 heterocycles. The number of nitrogens with zero attached hydrogens (tertiary/aromatic N) is 2. The summed E-state index contributed by atoms with van der Waals surface area (Å²) in [6, 6.07) is 8.22. The van der Waals surface area contributed by atoms with Crippen molar-refractivity contribution in [2.75, 3.05) is 6.54 Å². The summed E-state index contributed by atoms with van der Waals surface area (Å²) in [7, 11) is 0. The van der Waals surface area contributed by atoms with Gasteiger partial charge in [-0.1, -0.05) is 12.1 Å². The zero-order valence-electron chi connectivity index (χ0n) is 13.7. The summed E-state index contributed by atoms with van der Waals surface area (Å²) in [5, 5.41) is 6.44.